The van der Waals surface area contributed by atoms with Crippen LogP contribution in [0, 0.1) is 0 Å². The van der Waals surface area contributed by atoms with Crippen LogP contribution < -0.4 is 0 Å². The molecule has 0 fully saturated rings. The molecule has 3 nitrogen and oxygen atoms in total. The van der Waals surface area contributed by atoms with Crippen LogP contribution >= 0.6 is 15.9 Å². The number of hydrogen-bond donors (Lipinski definition) is 1. The zero-order chi connectivity index (χ0) is 12.3. The monoisotopic (exact) mass is 292 g/mol. The largest absolute Gasteiger partial charge is 0.342 e. The number of imidazole rings is 1. The molecule has 1 aromatic carbocycles. The number of hydrogen-bond acceptors (Lipinski definition) is 2. The topological polar surface area (TPSA) is 45.8 Å². The first-order valence-electron chi connectivity index (χ1n) is 5.44. The van der Waals surface area contributed by atoms with Crippen LogP contribution in [0.1, 0.15) is 19.2 Å². The number of aryl methyl sites for hydroxylation is 1. The van der Waals surface area contributed by atoms with Crippen molar-refractivity contribution in [2.24, 2.45) is 0 Å². The summed E-state index contributed by atoms with van der Waals surface area (Å²) in [5.41, 5.74) is 2.07. The molecular weight excluding hydrogens is 280 g/mol. The van der Waals surface area contributed by atoms with Crippen molar-refractivity contribution < 1.29 is 4.79 Å². The van der Waals surface area contributed by atoms with Crippen LogP contribution in [0.4, 0.5) is 0 Å². The van der Waals surface area contributed by atoms with Crippen molar-refractivity contribution in [2.75, 3.05) is 0 Å². The van der Waals surface area contributed by atoms with E-state index < -0.39 is 0 Å². The average Bonchev–Trinajstić information content (AvgIpc) is 2.76. The lowest BCUT2D eigenvalue weighted by Gasteiger charge is -1.97. The van der Waals surface area contributed by atoms with Crippen LogP contribution in [-0.2, 0) is 11.2 Å². The third kappa shape index (κ3) is 3.27. The summed E-state index contributed by atoms with van der Waals surface area (Å²) in [4.78, 5) is 18.4. The molecule has 0 amide bonds. The molecule has 1 N–H and O–H groups in total. The van der Waals surface area contributed by atoms with Gasteiger partial charge in [0, 0.05) is 17.3 Å². The van der Waals surface area contributed by atoms with Gasteiger partial charge in [-0.05, 0) is 24.6 Å². The number of nitrogens with zero attached hydrogens (tertiary/aromatic N) is 1. The molecule has 1 heterocycles. The Morgan fingerprint density at radius 2 is 2.06 bits per heavy atom. The minimum Gasteiger partial charge on any atom is -0.342 e. The third-order valence-corrected chi connectivity index (χ3v) is 3.03. The summed E-state index contributed by atoms with van der Waals surface area (Å²) in [6, 6.07) is 8.02. The van der Waals surface area contributed by atoms with Gasteiger partial charge < -0.3 is 9.78 Å². The number of Topliss-reactive ketones (excluding diaryl/α,β-unsaturated/α-hetero) is 1. The van der Waals surface area contributed by atoms with Gasteiger partial charge in [0.1, 0.15) is 11.6 Å². The first-order valence-corrected chi connectivity index (χ1v) is 6.24. The van der Waals surface area contributed by atoms with Gasteiger partial charge in [0.2, 0.25) is 0 Å². The molecular formula is C13H13BrN2O. The number of aromatic amines is 1. The third-order valence-electron chi connectivity index (χ3n) is 2.50. The summed E-state index contributed by atoms with van der Waals surface area (Å²) < 4.78 is 1.05. The quantitative estimate of drug-likeness (QED) is 0.939. The smallest absolute Gasteiger partial charge is 0.130 e. The second-order valence-corrected chi connectivity index (χ2v) is 4.87. The molecule has 0 aliphatic carbocycles. The molecule has 0 radical (unpaired) electrons. The van der Waals surface area contributed by atoms with E-state index in [1.807, 2.05) is 24.3 Å². The molecule has 0 aliphatic heterocycles. The molecule has 2 rings (SSSR count). The van der Waals surface area contributed by atoms with Gasteiger partial charge in [0.15, 0.2) is 0 Å². The lowest BCUT2D eigenvalue weighted by molar-refractivity contribution is -0.117. The Labute approximate surface area is 108 Å². The number of H-pyrrole nitrogens is 1. The lowest BCUT2D eigenvalue weighted by Crippen LogP contribution is -1.95. The average molecular weight is 293 g/mol. The number of carbonyl (C=O) groups excluding carboxylic acids is 1. The second kappa shape index (κ2) is 5.27. The van der Waals surface area contributed by atoms with E-state index >= 15 is 0 Å². The number of benzene rings is 1. The number of halogens is 1. The Kier molecular flexibility index (Phi) is 3.74. The van der Waals surface area contributed by atoms with Crippen molar-refractivity contribution >= 4 is 21.7 Å². The van der Waals surface area contributed by atoms with Gasteiger partial charge in [0.05, 0.1) is 11.9 Å². The molecule has 17 heavy (non-hydrogen) atoms. The van der Waals surface area contributed by atoms with Crippen LogP contribution in [-0.4, -0.2) is 15.8 Å². The number of rotatable bonds is 4. The van der Waals surface area contributed by atoms with Gasteiger partial charge in [-0.3, -0.25) is 0 Å². The predicted octanol–water partition coefficient (Wildman–Crippen LogP) is 3.36. The number of carbonyl (C=O) groups is 1. The van der Waals surface area contributed by atoms with E-state index in [-0.39, 0.29) is 5.78 Å². The van der Waals surface area contributed by atoms with Crippen molar-refractivity contribution in [1.29, 1.82) is 0 Å². The highest BCUT2D eigenvalue weighted by molar-refractivity contribution is 9.10. The maximum absolute atomic E-state index is 10.9. The van der Waals surface area contributed by atoms with Gasteiger partial charge >= 0.3 is 0 Å². The van der Waals surface area contributed by atoms with E-state index in [1.54, 1.807) is 13.1 Å². The highest BCUT2D eigenvalue weighted by Crippen LogP contribution is 2.20. The van der Waals surface area contributed by atoms with Crippen molar-refractivity contribution in [3.63, 3.8) is 0 Å². The minimum absolute atomic E-state index is 0.187. The summed E-state index contributed by atoms with van der Waals surface area (Å²) in [7, 11) is 0. The fourth-order valence-electron chi connectivity index (χ4n) is 1.56. The summed E-state index contributed by atoms with van der Waals surface area (Å²) in [6.07, 6.45) is 3.01. The van der Waals surface area contributed by atoms with Crippen LogP contribution in [0.5, 0.6) is 0 Å². The Bertz CT molecular complexity index is 516. The predicted molar refractivity (Wildman–Crippen MR) is 70.7 cm³/mol. The standard InChI is InChI=1S/C13H13BrN2O/c1-9(17)2-7-13-15-8-12(16-13)10-3-5-11(14)6-4-10/h3-6,8H,2,7H2,1H3,(H,15,16). The summed E-state index contributed by atoms with van der Waals surface area (Å²) in [5.74, 6) is 1.05. The molecule has 1 aromatic heterocycles. The normalized spacial score (nSPS) is 10.5. The van der Waals surface area contributed by atoms with E-state index in [0.717, 1.165) is 21.6 Å². The fourth-order valence-corrected chi connectivity index (χ4v) is 1.82. The molecule has 0 aliphatic rings. The molecule has 0 saturated heterocycles. The van der Waals surface area contributed by atoms with Crippen molar-refractivity contribution in [1.82, 2.24) is 9.97 Å². The molecule has 2 aromatic rings. The number of ketones is 1. The molecule has 0 bridgehead atoms. The lowest BCUT2D eigenvalue weighted by atomic mass is 10.2. The van der Waals surface area contributed by atoms with Gasteiger partial charge in [0.25, 0.3) is 0 Å². The zero-order valence-electron chi connectivity index (χ0n) is 9.53. The van der Waals surface area contributed by atoms with Crippen LogP contribution in [0.3, 0.4) is 0 Å². The SMILES string of the molecule is CC(=O)CCc1ncc(-c2ccc(Br)cc2)[nH]1. The van der Waals surface area contributed by atoms with Crippen molar-refractivity contribution in [3.05, 3.63) is 40.8 Å². The molecule has 0 saturated carbocycles. The Morgan fingerprint density at radius 3 is 2.71 bits per heavy atom. The number of nitrogens with one attached hydrogen (secondary N) is 1. The molecule has 0 atom stereocenters. The Hall–Kier alpha value is -1.42. The highest BCUT2D eigenvalue weighted by Gasteiger charge is 2.04. The Morgan fingerprint density at radius 1 is 1.35 bits per heavy atom. The van der Waals surface area contributed by atoms with Gasteiger partial charge in [-0.2, -0.15) is 0 Å². The molecule has 88 valence electrons. The number of aromatic nitrogens is 2. The fraction of sp³-hybridized carbons (Fsp3) is 0.231. The van der Waals surface area contributed by atoms with Gasteiger partial charge in [-0.1, -0.05) is 28.1 Å². The molecule has 0 spiro atoms. The molecule has 0 unspecified atom stereocenters. The first-order chi connectivity index (χ1) is 8.15. The van der Waals surface area contributed by atoms with E-state index in [1.165, 1.54) is 0 Å². The van der Waals surface area contributed by atoms with E-state index in [4.69, 9.17) is 0 Å². The summed E-state index contributed by atoms with van der Waals surface area (Å²) >= 11 is 3.40. The molecule has 4 heteroatoms. The minimum atomic E-state index is 0.187. The van der Waals surface area contributed by atoms with Crippen molar-refractivity contribution in [3.8, 4) is 11.3 Å². The van der Waals surface area contributed by atoms with Gasteiger partial charge in [-0.15, -0.1) is 0 Å². The van der Waals surface area contributed by atoms with Crippen LogP contribution in [0.2, 0.25) is 0 Å². The Balaban J connectivity index is 2.12. The van der Waals surface area contributed by atoms with E-state index in [0.29, 0.717) is 12.8 Å². The highest BCUT2D eigenvalue weighted by atomic mass is 79.9. The van der Waals surface area contributed by atoms with Crippen molar-refractivity contribution in [2.45, 2.75) is 19.8 Å². The van der Waals surface area contributed by atoms with E-state index in [2.05, 4.69) is 25.9 Å². The maximum Gasteiger partial charge on any atom is 0.130 e. The first kappa shape index (κ1) is 12.0. The van der Waals surface area contributed by atoms with Crippen LogP contribution in [0.15, 0.2) is 34.9 Å². The summed E-state index contributed by atoms with van der Waals surface area (Å²) in [6.45, 7) is 1.60. The second-order valence-electron chi connectivity index (χ2n) is 3.95. The maximum atomic E-state index is 10.9. The van der Waals surface area contributed by atoms with Gasteiger partial charge in [-0.25, -0.2) is 4.98 Å². The summed E-state index contributed by atoms with van der Waals surface area (Å²) in [5, 5.41) is 0. The van der Waals surface area contributed by atoms with E-state index in [9.17, 15) is 4.79 Å². The van der Waals surface area contributed by atoms with Crippen LogP contribution in [0.25, 0.3) is 11.3 Å². The zero-order valence-corrected chi connectivity index (χ0v) is 11.1.